The number of methoxy groups -OCH3 is 1. The van der Waals surface area contributed by atoms with Crippen molar-refractivity contribution in [3.63, 3.8) is 0 Å². The molecule has 0 unspecified atom stereocenters. The lowest BCUT2D eigenvalue weighted by atomic mass is 9.94. The van der Waals surface area contributed by atoms with E-state index in [0.717, 1.165) is 29.9 Å². The molecule has 27 heavy (non-hydrogen) atoms. The smallest absolute Gasteiger partial charge is 0.266 e. The van der Waals surface area contributed by atoms with Crippen LogP contribution in [0, 0.1) is 0 Å². The summed E-state index contributed by atoms with van der Waals surface area (Å²) in [5, 5.41) is 0. The molecule has 1 aromatic heterocycles. The fourth-order valence-corrected chi connectivity index (χ4v) is 4.98. The molecule has 1 aliphatic carbocycles. The number of furan rings is 1. The molecular weight excluding hydrogens is 378 g/mol. The van der Waals surface area contributed by atoms with Gasteiger partial charge < -0.3 is 9.15 Å². The third kappa shape index (κ3) is 3.82. The molecular formula is C21H21NO3S2. The normalized spacial score (nSPS) is 19.9. The zero-order chi connectivity index (χ0) is 18.8. The lowest BCUT2D eigenvalue weighted by Crippen LogP contribution is -2.39. The third-order valence-corrected chi connectivity index (χ3v) is 6.37. The number of hydrogen-bond acceptors (Lipinski definition) is 5. The Kier molecular flexibility index (Phi) is 5.36. The van der Waals surface area contributed by atoms with Crippen LogP contribution in [0.5, 0.6) is 5.75 Å². The van der Waals surface area contributed by atoms with E-state index in [1.54, 1.807) is 13.2 Å². The number of thioether (sulfide) groups is 1. The summed E-state index contributed by atoms with van der Waals surface area (Å²) < 4.78 is 11.8. The maximum absolute atomic E-state index is 12.9. The molecule has 2 aromatic rings. The average Bonchev–Trinajstić information content (AvgIpc) is 3.27. The number of hydrogen-bond donors (Lipinski definition) is 0. The monoisotopic (exact) mass is 399 g/mol. The molecule has 2 aliphatic rings. The average molecular weight is 400 g/mol. The number of carbonyl (C=O) groups is 1. The molecule has 0 radical (unpaired) electrons. The predicted molar refractivity (Wildman–Crippen MR) is 113 cm³/mol. The minimum absolute atomic E-state index is 0.0132. The molecule has 1 amide bonds. The summed E-state index contributed by atoms with van der Waals surface area (Å²) in [6.07, 6.45) is 7.48. The maximum Gasteiger partial charge on any atom is 0.266 e. The van der Waals surface area contributed by atoms with Gasteiger partial charge in [-0.2, -0.15) is 0 Å². The standard InChI is InChI=1S/C21H21NO3S2/c1-24-16-9-7-14(8-10-16)18-12-11-17(25-18)13-19-20(23)22(21(26)27-19)15-5-3-2-4-6-15/h7-13,15H,2-6H2,1H3. The number of ether oxygens (including phenoxy) is 1. The van der Waals surface area contributed by atoms with Gasteiger partial charge in [0.15, 0.2) is 0 Å². The first-order valence-electron chi connectivity index (χ1n) is 9.17. The van der Waals surface area contributed by atoms with E-state index in [-0.39, 0.29) is 11.9 Å². The molecule has 4 nitrogen and oxygen atoms in total. The van der Waals surface area contributed by atoms with Crippen LogP contribution in [0.4, 0.5) is 0 Å². The molecule has 0 bridgehead atoms. The Balaban J connectivity index is 1.52. The zero-order valence-corrected chi connectivity index (χ0v) is 16.8. The molecule has 1 saturated carbocycles. The molecule has 1 aliphatic heterocycles. The third-order valence-electron chi connectivity index (χ3n) is 5.04. The molecule has 0 N–H and O–H groups in total. The largest absolute Gasteiger partial charge is 0.497 e. The van der Waals surface area contributed by atoms with Crippen LogP contribution in [-0.2, 0) is 4.79 Å². The number of nitrogens with zero attached hydrogens (tertiary/aromatic N) is 1. The number of amides is 1. The van der Waals surface area contributed by atoms with Crippen LogP contribution < -0.4 is 4.74 Å². The van der Waals surface area contributed by atoms with Crippen molar-refractivity contribution in [3.05, 3.63) is 47.1 Å². The first-order valence-corrected chi connectivity index (χ1v) is 10.4. The van der Waals surface area contributed by atoms with Gasteiger partial charge in [0.2, 0.25) is 0 Å². The summed E-state index contributed by atoms with van der Waals surface area (Å²) in [6, 6.07) is 11.7. The van der Waals surface area contributed by atoms with Gasteiger partial charge in [-0.1, -0.05) is 43.2 Å². The van der Waals surface area contributed by atoms with Gasteiger partial charge in [-0.05, 0) is 49.2 Å². The summed E-state index contributed by atoms with van der Waals surface area (Å²) in [4.78, 5) is 15.3. The highest BCUT2D eigenvalue weighted by molar-refractivity contribution is 8.26. The van der Waals surface area contributed by atoms with E-state index in [2.05, 4.69) is 0 Å². The molecule has 4 rings (SSSR count). The Morgan fingerprint density at radius 3 is 2.59 bits per heavy atom. The van der Waals surface area contributed by atoms with Gasteiger partial charge in [0.1, 0.15) is 21.6 Å². The van der Waals surface area contributed by atoms with E-state index < -0.39 is 0 Å². The summed E-state index contributed by atoms with van der Waals surface area (Å²) in [5.41, 5.74) is 0.963. The van der Waals surface area contributed by atoms with Crippen LogP contribution in [0.15, 0.2) is 45.7 Å². The SMILES string of the molecule is COc1ccc(-c2ccc(C=C3SC(=S)N(C4CCCCC4)C3=O)o2)cc1. The summed E-state index contributed by atoms with van der Waals surface area (Å²) in [6.45, 7) is 0. The van der Waals surface area contributed by atoms with Gasteiger partial charge in [-0.15, -0.1) is 0 Å². The van der Waals surface area contributed by atoms with Crippen molar-refractivity contribution in [3.8, 4) is 17.1 Å². The van der Waals surface area contributed by atoms with Crippen molar-refractivity contribution in [2.45, 2.75) is 38.1 Å². The second kappa shape index (κ2) is 7.90. The van der Waals surface area contributed by atoms with Gasteiger partial charge in [0, 0.05) is 17.7 Å². The molecule has 1 aromatic carbocycles. The molecule has 0 spiro atoms. The highest BCUT2D eigenvalue weighted by Gasteiger charge is 2.37. The van der Waals surface area contributed by atoms with Crippen LogP contribution in [0.1, 0.15) is 37.9 Å². The van der Waals surface area contributed by atoms with Crippen LogP contribution in [0.3, 0.4) is 0 Å². The van der Waals surface area contributed by atoms with E-state index in [1.165, 1.54) is 31.0 Å². The quantitative estimate of drug-likeness (QED) is 0.502. The van der Waals surface area contributed by atoms with Crippen molar-refractivity contribution in [2.75, 3.05) is 7.11 Å². The van der Waals surface area contributed by atoms with Crippen molar-refractivity contribution in [2.24, 2.45) is 0 Å². The Morgan fingerprint density at radius 2 is 1.89 bits per heavy atom. The number of benzene rings is 1. The second-order valence-corrected chi connectivity index (χ2v) is 8.45. The Labute approximate surface area is 168 Å². The van der Waals surface area contributed by atoms with Crippen LogP contribution in [0.2, 0.25) is 0 Å². The molecule has 2 heterocycles. The Bertz CT molecular complexity index is 879. The number of carbonyl (C=O) groups excluding carboxylic acids is 1. The van der Waals surface area contributed by atoms with Crippen molar-refractivity contribution >= 4 is 40.3 Å². The fourth-order valence-electron chi connectivity index (χ4n) is 3.60. The summed E-state index contributed by atoms with van der Waals surface area (Å²) in [5.74, 6) is 2.23. The first kappa shape index (κ1) is 18.3. The molecule has 1 saturated heterocycles. The van der Waals surface area contributed by atoms with Gasteiger partial charge >= 0.3 is 0 Å². The molecule has 0 atom stereocenters. The highest BCUT2D eigenvalue weighted by atomic mass is 32.2. The van der Waals surface area contributed by atoms with E-state index in [4.69, 9.17) is 21.4 Å². The van der Waals surface area contributed by atoms with Gasteiger partial charge in [0.25, 0.3) is 5.91 Å². The van der Waals surface area contributed by atoms with Crippen molar-refractivity contribution in [1.29, 1.82) is 0 Å². The van der Waals surface area contributed by atoms with Gasteiger partial charge in [-0.3, -0.25) is 9.69 Å². The van der Waals surface area contributed by atoms with E-state index in [0.29, 0.717) is 15.0 Å². The Hall–Kier alpha value is -2.05. The molecule has 6 heteroatoms. The Morgan fingerprint density at radius 1 is 1.15 bits per heavy atom. The lowest BCUT2D eigenvalue weighted by Gasteiger charge is -2.29. The first-order chi connectivity index (χ1) is 13.2. The fraction of sp³-hybridized carbons (Fsp3) is 0.333. The van der Waals surface area contributed by atoms with E-state index in [9.17, 15) is 4.79 Å². The number of thiocarbonyl (C=S) groups is 1. The summed E-state index contributed by atoms with van der Waals surface area (Å²) >= 11 is 6.85. The molecule has 2 fully saturated rings. The summed E-state index contributed by atoms with van der Waals surface area (Å²) in [7, 11) is 1.64. The molecule has 140 valence electrons. The highest BCUT2D eigenvalue weighted by Crippen LogP contribution is 2.37. The van der Waals surface area contributed by atoms with E-state index in [1.807, 2.05) is 41.3 Å². The van der Waals surface area contributed by atoms with E-state index >= 15 is 0 Å². The van der Waals surface area contributed by atoms with Crippen molar-refractivity contribution < 1.29 is 13.9 Å². The minimum Gasteiger partial charge on any atom is -0.497 e. The van der Waals surface area contributed by atoms with Crippen molar-refractivity contribution in [1.82, 2.24) is 4.90 Å². The van der Waals surface area contributed by atoms with Gasteiger partial charge in [-0.25, -0.2) is 0 Å². The number of rotatable bonds is 4. The van der Waals surface area contributed by atoms with Gasteiger partial charge in [0.05, 0.1) is 12.0 Å². The van der Waals surface area contributed by atoms with Crippen LogP contribution in [0.25, 0.3) is 17.4 Å². The minimum atomic E-state index is 0.0132. The van der Waals surface area contributed by atoms with Crippen LogP contribution >= 0.6 is 24.0 Å². The second-order valence-electron chi connectivity index (χ2n) is 6.77. The maximum atomic E-state index is 12.9. The van der Waals surface area contributed by atoms with Crippen LogP contribution in [-0.4, -0.2) is 28.3 Å². The lowest BCUT2D eigenvalue weighted by molar-refractivity contribution is -0.124. The predicted octanol–water partition coefficient (Wildman–Crippen LogP) is 5.49. The topological polar surface area (TPSA) is 42.7 Å². The zero-order valence-electron chi connectivity index (χ0n) is 15.1.